The van der Waals surface area contributed by atoms with Crippen LogP contribution in [-0.2, 0) is 0 Å². The third-order valence-corrected chi connectivity index (χ3v) is 2.92. The highest BCUT2D eigenvalue weighted by Gasteiger charge is 1.87. The zero-order chi connectivity index (χ0) is 12.9. The van der Waals surface area contributed by atoms with Crippen molar-refractivity contribution >= 4 is 6.08 Å². The predicted octanol–water partition coefficient (Wildman–Crippen LogP) is 5.45. The van der Waals surface area contributed by atoms with E-state index in [1.807, 2.05) is 24.3 Å². The molecule has 0 atom stereocenters. The minimum Gasteiger partial charge on any atom is -0.0985 e. The highest BCUT2D eigenvalue weighted by atomic mass is 13.9. The number of benzene rings is 1. The van der Waals surface area contributed by atoms with Crippen molar-refractivity contribution in [3.8, 4) is 11.8 Å². The summed E-state index contributed by atoms with van der Waals surface area (Å²) in [4.78, 5) is 0. The molecule has 0 heteroatoms. The first-order valence-corrected chi connectivity index (χ1v) is 7.13. The Morgan fingerprint density at radius 2 is 1.67 bits per heavy atom. The molecule has 96 valence electrons. The van der Waals surface area contributed by atoms with Crippen LogP contribution in [0.15, 0.2) is 36.4 Å². The molecule has 0 heterocycles. The summed E-state index contributed by atoms with van der Waals surface area (Å²) in [6.07, 6.45) is 13.1. The van der Waals surface area contributed by atoms with Crippen molar-refractivity contribution in [1.82, 2.24) is 0 Å². The fraction of sp³-hybridized carbons (Fsp3) is 0.444. The Kier molecular flexibility index (Phi) is 8.63. The summed E-state index contributed by atoms with van der Waals surface area (Å²) >= 11 is 0. The van der Waals surface area contributed by atoms with Crippen molar-refractivity contribution in [3.05, 3.63) is 42.0 Å². The first-order valence-electron chi connectivity index (χ1n) is 7.13. The van der Waals surface area contributed by atoms with E-state index in [4.69, 9.17) is 0 Å². The summed E-state index contributed by atoms with van der Waals surface area (Å²) < 4.78 is 0. The van der Waals surface area contributed by atoms with Gasteiger partial charge in [0.05, 0.1) is 0 Å². The van der Waals surface area contributed by atoms with E-state index in [2.05, 4.69) is 37.0 Å². The lowest BCUT2D eigenvalue weighted by Gasteiger charge is -1.96. The Bertz CT molecular complexity index is 375. The van der Waals surface area contributed by atoms with Crippen molar-refractivity contribution < 1.29 is 0 Å². The Labute approximate surface area is 112 Å². The monoisotopic (exact) mass is 240 g/mol. The van der Waals surface area contributed by atoms with Gasteiger partial charge in [0.1, 0.15) is 0 Å². The second-order valence-corrected chi connectivity index (χ2v) is 4.58. The summed E-state index contributed by atoms with van der Waals surface area (Å²) in [6.45, 7) is 2.25. The van der Waals surface area contributed by atoms with Crippen LogP contribution in [-0.4, -0.2) is 0 Å². The minimum absolute atomic E-state index is 1.03. The fourth-order valence-electron chi connectivity index (χ4n) is 1.83. The number of rotatable bonds is 7. The third-order valence-electron chi connectivity index (χ3n) is 2.92. The van der Waals surface area contributed by atoms with Crippen molar-refractivity contribution in [1.29, 1.82) is 0 Å². The molecule has 0 aliphatic heterocycles. The predicted molar refractivity (Wildman–Crippen MR) is 81.2 cm³/mol. The minimum atomic E-state index is 1.03. The van der Waals surface area contributed by atoms with Crippen LogP contribution in [0.25, 0.3) is 6.08 Å². The lowest BCUT2D eigenvalue weighted by atomic mass is 10.1. The van der Waals surface area contributed by atoms with Crippen LogP contribution in [0.2, 0.25) is 0 Å². The molecule has 0 nitrogen and oxygen atoms in total. The van der Waals surface area contributed by atoms with Gasteiger partial charge in [-0.2, -0.15) is 0 Å². The quantitative estimate of drug-likeness (QED) is 0.439. The number of unbranched alkanes of at least 4 members (excludes halogenated alkanes) is 6. The number of allylic oxidation sites excluding steroid dienone is 1. The smallest absolute Gasteiger partial charge is 0.00922 e. The van der Waals surface area contributed by atoms with Crippen molar-refractivity contribution in [2.75, 3.05) is 0 Å². The Hall–Kier alpha value is -1.48. The van der Waals surface area contributed by atoms with E-state index in [9.17, 15) is 0 Å². The SMILES string of the molecule is CCCCCCCCC#C/C=C/c1ccccc1. The molecule has 1 aromatic rings. The average molecular weight is 240 g/mol. The molecule has 0 aromatic heterocycles. The molecule has 0 saturated carbocycles. The maximum atomic E-state index is 3.21. The van der Waals surface area contributed by atoms with Gasteiger partial charge in [-0.15, -0.1) is 0 Å². The molecule has 0 radical (unpaired) electrons. The summed E-state index contributed by atoms with van der Waals surface area (Å²) in [6, 6.07) is 10.3. The molecule has 0 aliphatic carbocycles. The number of hydrogen-bond acceptors (Lipinski definition) is 0. The molecular formula is C18H24. The van der Waals surface area contributed by atoms with E-state index >= 15 is 0 Å². The zero-order valence-corrected chi connectivity index (χ0v) is 11.5. The molecule has 18 heavy (non-hydrogen) atoms. The zero-order valence-electron chi connectivity index (χ0n) is 11.5. The molecular weight excluding hydrogens is 216 g/mol. The van der Waals surface area contributed by atoms with Crippen LogP contribution in [0, 0.1) is 11.8 Å². The van der Waals surface area contributed by atoms with Gasteiger partial charge in [0.25, 0.3) is 0 Å². The molecule has 0 N–H and O–H groups in total. The Morgan fingerprint density at radius 1 is 0.944 bits per heavy atom. The van der Waals surface area contributed by atoms with Gasteiger partial charge in [-0.1, -0.05) is 81.2 Å². The molecule has 0 amide bonds. The maximum Gasteiger partial charge on any atom is 0.00922 e. The van der Waals surface area contributed by atoms with E-state index in [1.54, 1.807) is 0 Å². The van der Waals surface area contributed by atoms with Crippen LogP contribution >= 0.6 is 0 Å². The van der Waals surface area contributed by atoms with Crippen LogP contribution in [0.4, 0.5) is 0 Å². The molecule has 1 rings (SSSR count). The average Bonchev–Trinajstić information content (AvgIpc) is 2.42. The van der Waals surface area contributed by atoms with Gasteiger partial charge in [0, 0.05) is 6.42 Å². The highest BCUT2D eigenvalue weighted by molar-refractivity contribution is 5.52. The second kappa shape index (κ2) is 10.7. The van der Waals surface area contributed by atoms with Gasteiger partial charge in [0.15, 0.2) is 0 Å². The fourth-order valence-corrected chi connectivity index (χ4v) is 1.83. The van der Waals surface area contributed by atoms with Gasteiger partial charge >= 0.3 is 0 Å². The van der Waals surface area contributed by atoms with Crippen LogP contribution in [0.3, 0.4) is 0 Å². The largest absolute Gasteiger partial charge is 0.0985 e. The molecule has 0 unspecified atom stereocenters. The Morgan fingerprint density at radius 3 is 2.44 bits per heavy atom. The van der Waals surface area contributed by atoms with Crippen LogP contribution in [0.1, 0.15) is 57.4 Å². The van der Waals surface area contributed by atoms with Gasteiger partial charge < -0.3 is 0 Å². The van der Waals surface area contributed by atoms with Crippen molar-refractivity contribution in [3.63, 3.8) is 0 Å². The van der Waals surface area contributed by atoms with E-state index in [0.717, 1.165) is 6.42 Å². The standard InChI is InChI=1S/C18H24/c1-2-3-4-5-6-7-8-9-10-12-15-18-16-13-11-14-17-18/h11-17H,2-8H2,1H3/b15-12+. The van der Waals surface area contributed by atoms with Crippen LogP contribution < -0.4 is 0 Å². The summed E-state index contributed by atoms with van der Waals surface area (Å²) in [7, 11) is 0. The number of hydrogen-bond donors (Lipinski definition) is 0. The maximum absolute atomic E-state index is 3.21. The van der Waals surface area contributed by atoms with E-state index in [0.29, 0.717) is 0 Å². The normalized spacial score (nSPS) is 10.3. The van der Waals surface area contributed by atoms with E-state index < -0.39 is 0 Å². The molecule has 0 aliphatic rings. The van der Waals surface area contributed by atoms with E-state index in [-0.39, 0.29) is 0 Å². The molecule has 0 fully saturated rings. The molecule has 1 aromatic carbocycles. The highest BCUT2D eigenvalue weighted by Crippen LogP contribution is 2.06. The molecule has 0 spiro atoms. The third kappa shape index (κ3) is 7.74. The van der Waals surface area contributed by atoms with E-state index in [1.165, 1.54) is 44.1 Å². The topological polar surface area (TPSA) is 0 Å². The van der Waals surface area contributed by atoms with Crippen LogP contribution in [0.5, 0.6) is 0 Å². The first kappa shape index (κ1) is 14.6. The lowest BCUT2D eigenvalue weighted by Crippen LogP contribution is -1.77. The van der Waals surface area contributed by atoms with Gasteiger partial charge in [0.2, 0.25) is 0 Å². The first-order chi connectivity index (χ1) is 8.93. The summed E-state index contributed by atoms with van der Waals surface area (Å²) in [5, 5.41) is 0. The Balaban J connectivity index is 2.06. The van der Waals surface area contributed by atoms with Gasteiger partial charge in [-0.25, -0.2) is 0 Å². The summed E-state index contributed by atoms with van der Waals surface area (Å²) in [5.41, 5.74) is 1.21. The molecule has 0 bridgehead atoms. The molecule has 0 saturated heterocycles. The van der Waals surface area contributed by atoms with Crippen molar-refractivity contribution in [2.45, 2.75) is 51.9 Å². The summed E-state index contributed by atoms with van der Waals surface area (Å²) in [5.74, 6) is 6.32. The second-order valence-electron chi connectivity index (χ2n) is 4.58. The van der Waals surface area contributed by atoms with Gasteiger partial charge in [-0.3, -0.25) is 0 Å². The van der Waals surface area contributed by atoms with Gasteiger partial charge in [-0.05, 0) is 24.1 Å². The lowest BCUT2D eigenvalue weighted by molar-refractivity contribution is 0.614. The van der Waals surface area contributed by atoms with Crippen molar-refractivity contribution in [2.24, 2.45) is 0 Å².